The number of carbonyl (C=O) groups excluding carboxylic acids is 1. The number of hydrogen-bond acceptors (Lipinski definition) is 2. The number of carbonyl (C=O) groups is 1. The Hall–Kier alpha value is -1.35. The summed E-state index contributed by atoms with van der Waals surface area (Å²) in [5.41, 5.74) is 3.16. The Morgan fingerprint density at radius 3 is 2.33 bits per heavy atom. The van der Waals surface area contributed by atoms with E-state index in [2.05, 4.69) is 62.6 Å². The molecular weight excluding hydrogens is 296 g/mol. The molecule has 0 bridgehead atoms. The molecule has 1 aromatic carbocycles. The van der Waals surface area contributed by atoms with E-state index >= 15 is 0 Å². The Bertz CT molecular complexity index is 517. The quantitative estimate of drug-likeness (QED) is 0.867. The van der Waals surface area contributed by atoms with Crippen molar-refractivity contribution in [3.05, 3.63) is 35.4 Å². The lowest BCUT2D eigenvalue weighted by atomic mass is 9.89. The van der Waals surface area contributed by atoms with E-state index in [1.807, 2.05) is 0 Å². The minimum atomic E-state index is 0.229. The summed E-state index contributed by atoms with van der Waals surface area (Å²) in [6.07, 6.45) is 4.58. The van der Waals surface area contributed by atoms with Crippen LogP contribution in [-0.4, -0.2) is 19.0 Å². The Morgan fingerprint density at radius 2 is 1.75 bits per heavy atom. The van der Waals surface area contributed by atoms with Crippen molar-refractivity contribution < 1.29 is 4.79 Å². The average Bonchev–Trinajstić information content (AvgIpc) is 3.37. The molecule has 134 valence electrons. The van der Waals surface area contributed by atoms with Crippen molar-refractivity contribution >= 4 is 5.91 Å². The third kappa shape index (κ3) is 7.48. The normalized spacial score (nSPS) is 18.5. The second-order valence-corrected chi connectivity index (χ2v) is 8.76. The average molecular weight is 331 g/mol. The number of benzene rings is 1. The third-order valence-corrected chi connectivity index (χ3v) is 4.18. The van der Waals surface area contributed by atoms with Crippen LogP contribution in [-0.2, 0) is 11.3 Å². The van der Waals surface area contributed by atoms with Gasteiger partial charge < -0.3 is 10.6 Å². The number of rotatable bonds is 4. The molecule has 2 N–H and O–H groups in total. The van der Waals surface area contributed by atoms with Gasteiger partial charge in [-0.2, -0.15) is 0 Å². The van der Waals surface area contributed by atoms with Crippen molar-refractivity contribution in [1.82, 2.24) is 10.6 Å². The zero-order valence-electron chi connectivity index (χ0n) is 15.8. The predicted octanol–water partition coefficient (Wildman–Crippen LogP) is 4.23. The van der Waals surface area contributed by atoms with E-state index in [4.69, 9.17) is 0 Å². The number of piperidine rings is 1. The van der Waals surface area contributed by atoms with Crippen LogP contribution in [0.4, 0.5) is 0 Å². The highest BCUT2D eigenvalue weighted by molar-refractivity contribution is 5.80. The molecule has 1 aromatic rings. The monoisotopic (exact) mass is 330 g/mol. The van der Waals surface area contributed by atoms with E-state index in [0.717, 1.165) is 25.9 Å². The molecule has 3 heteroatoms. The van der Waals surface area contributed by atoms with Gasteiger partial charge in [0.05, 0.1) is 0 Å². The number of nitrogens with one attached hydrogen (secondary N) is 2. The summed E-state index contributed by atoms with van der Waals surface area (Å²) in [4.78, 5) is 11.6. The van der Waals surface area contributed by atoms with E-state index in [-0.39, 0.29) is 5.91 Å². The zero-order valence-corrected chi connectivity index (χ0v) is 15.8. The molecule has 1 amide bonds. The lowest BCUT2D eigenvalue weighted by Gasteiger charge is -2.23. The van der Waals surface area contributed by atoms with Gasteiger partial charge in [0.15, 0.2) is 0 Å². The van der Waals surface area contributed by atoms with Crippen LogP contribution in [0.2, 0.25) is 0 Å². The lowest BCUT2D eigenvalue weighted by Crippen LogP contribution is -2.27. The SMILES string of the molecule is CC(C)(C)C.O=C(NCc1cccc(C2CCNCC2)c1)C1CC1. The maximum absolute atomic E-state index is 11.6. The molecule has 1 saturated carbocycles. The lowest BCUT2D eigenvalue weighted by molar-refractivity contribution is -0.122. The van der Waals surface area contributed by atoms with Crippen molar-refractivity contribution in [3.63, 3.8) is 0 Å². The van der Waals surface area contributed by atoms with Gasteiger partial charge >= 0.3 is 0 Å². The largest absolute Gasteiger partial charge is 0.352 e. The van der Waals surface area contributed by atoms with Gasteiger partial charge in [-0.15, -0.1) is 0 Å². The van der Waals surface area contributed by atoms with Crippen molar-refractivity contribution in [2.75, 3.05) is 13.1 Å². The number of amides is 1. The molecule has 0 radical (unpaired) electrons. The van der Waals surface area contributed by atoms with Crippen molar-refractivity contribution in [2.24, 2.45) is 11.3 Å². The van der Waals surface area contributed by atoms with E-state index < -0.39 is 0 Å². The van der Waals surface area contributed by atoms with Crippen LogP contribution in [0.25, 0.3) is 0 Å². The first-order chi connectivity index (χ1) is 11.3. The summed E-state index contributed by atoms with van der Waals surface area (Å²) < 4.78 is 0. The Kier molecular flexibility index (Phi) is 6.85. The first kappa shape index (κ1) is 19.0. The van der Waals surface area contributed by atoms with E-state index in [9.17, 15) is 4.79 Å². The molecular formula is C21H34N2O. The summed E-state index contributed by atoms with van der Waals surface area (Å²) in [7, 11) is 0. The van der Waals surface area contributed by atoms with Crippen LogP contribution in [0.1, 0.15) is 70.4 Å². The van der Waals surface area contributed by atoms with Gasteiger partial charge in [-0.05, 0) is 61.2 Å². The van der Waals surface area contributed by atoms with Crippen molar-refractivity contribution in [3.8, 4) is 0 Å². The summed E-state index contributed by atoms with van der Waals surface area (Å²) in [6, 6.07) is 8.72. The highest BCUT2D eigenvalue weighted by atomic mass is 16.2. The smallest absolute Gasteiger partial charge is 0.223 e. The standard InChI is InChI=1S/C16H22N2O.C5H12/c19-16(14-4-5-14)18-11-12-2-1-3-15(10-12)13-6-8-17-9-7-13;1-5(2,3)4/h1-3,10,13-14,17H,4-9,11H2,(H,18,19);1-4H3. The van der Waals surface area contributed by atoms with Gasteiger partial charge in [-0.3, -0.25) is 4.79 Å². The molecule has 1 aliphatic heterocycles. The molecule has 24 heavy (non-hydrogen) atoms. The first-order valence-electron chi connectivity index (χ1n) is 9.40. The molecule has 3 nitrogen and oxygen atoms in total. The fourth-order valence-electron chi connectivity index (χ4n) is 2.79. The summed E-state index contributed by atoms with van der Waals surface area (Å²) in [5, 5.41) is 6.44. The van der Waals surface area contributed by atoms with Gasteiger partial charge in [-0.1, -0.05) is 52.0 Å². The first-order valence-corrected chi connectivity index (χ1v) is 9.40. The maximum Gasteiger partial charge on any atom is 0.223 e. The second-order valence-electron chi connectivity index (χ2n) is 8.76. The fraction of sp³-hybridized carbons (Fsp3) is 0.667. The Balaban J connectivity index is 0.000000368. The zero-order chi connectivity index (χ0) is 17.6. The molecule has 0 atom stereocenters. The Morgan fingerprint density at radius 1 is 1.12 bits per heavy atom. The minimum absolute atomic E-state index is 0.229. The van der Waals surface area contributed by atoms with E-state index in [0.29, 0.717) is 23.8 Å². The molecule has 1 aliphatic carbocycles. The summed E-state index contributed by atoms with van der Waals surface area (Å²) in [6.45, 7) is 11.7. The summed E-state index contributed by atoms with van der Waals surface area (Å²) >= 11 is 0. The molecule has 2 fully saturated rings. The highest BCUT2D eigenvalue weighted by Crippen LogP contribution is 2.29. The molecule has 0 aromatic heterocycles. The van der Waals surface area contributed by atoms with Crippen LogP contribution in [0.15, 0.2) is 24.3 Å². The van der Waals surface area contributed by atoms with Crippen LogP contribution >= 0.6 is 0 Å². The van der Waals surface area contributed by atoms with Crippen LogP contribution in [0.5, 0.6) is 0 Å². The van der Waals surface area contributed by atoms with Crippen molar-refractivity contribution in [1.29, 1.82) is 0 Å². The van der Waals surface area contributed by atoms with Gasteiger partial charge in [0, 0.05) is 12.5 Å². The second kappa shape index (κ2) is 8.66. The molecule has 0 unspecified atom stereocenters. The topological polar surface area (TPSA) is 41.1 Å². The maximum atomic E-state index is 11.6. The Labute approximate surface area is 147 Å². The number of hydrogen-bond donors (Lipinski definition) is 2. The molecule has 3 rings (SSSR count). The van der Waals surface area contributed by atoms with Crippen LogP contribution in [0, 0.1) is 11.3 Å². The van der Waals surface area contributed by atoms with Crippen molar-refractivity contribution in [2.45, 2.75) is 65.8 Å². The van der Waals surface area contributed by atoms with E-state index in [1.54, 1.807) is 0 Å². The molecule has 1 heterocycles. The van der Waals surface area contributed by atoms with E-state index in [1.165, 1.54) is 24.0 Å². The minimum Gasteiger partial charge on any atom is -0.352 e. The third-order valence-electron chi connectivity index (χ3n) is 4.18. The summed E-state index contributed by atoms with van der Waals surface area (Å²) in [5.74, 6) is 1.21. The molecule has 0 spiro atoms. The molecule has 2 aliphatic rings. The highest BCUT2D eigenvalue weighted by Gasteiger charge is 2.29. The molecule has 1 saturated heterocycles. The van der Waals surface area contributed by atoms with Gasteiger partial charge in [0.2, 0.25) is 5.91 Å². The van der Waals surface area contributed by atoms with Gasteiger partial charge in [0.25, 0.3) is 0 Å². The predicted molar refractivity (Wildman–Crippen MR) is 101 cm³/mol. The van der Waals surface area contributed by atoms with Gasteiger partial charge in [-0.25, -0.2) is 0 Å². The fourth-order valence-corrected chi connectivity index (χ4v) is 2.79. The van der Waals surface area contributed by atoms with Crippen LogP contribution in [0.3, 0.4) is 0 Å². The van der Waals surface area contributed by atoms with Crippen LogP contribution < -0.4 is 10.6 Å². The van der Waals surface area contributed by atoms with Gasteiger partial charge in [0.1, 0.15) is 0 Å².